The van der Waals surface area contributed by atoms with E-state index in [9.17, 15) is 9.59 Å². The van der Waals surface area contributed by atoms with Gasteiger partial charge in [-0.1, -0.05) is 29.8 Å². The first kappa shape index (κ1) is 17.4. The highest BCUT2D eigenvalue weighted by Gasteiger charge is 2.09. The van der Waals surface area contributed by atoms with Gasteiger partial charge in [-0.2, -0.15) is 5.10 Å². The molecule has 0 aliphatic heterocycles. The fourth-order valence-corrected chi connectivity index (χ4v) is 2.54. The summed E-state index contributed by atoms with van der Waals surface area (Å²) in [4.78, 5) is 24.1. The number of para-hydroxylation sites is 1. The predicted octanol–water partition coefficient (Wildman–Crippen LogP) is 3.40. The number of H-pyrrole nitrogens is 1. The molecule has 0 spiro atoms. The van der Waals surface area contributed by atoms with Crippen molar-refractivity contribution in [1.29, 1.82) is 0 Å². The number of carbonyl (C=O) groups is 2. The summed E-state index contributed by atoms with van der Waals surface area (Å²) in [5.74, 6) is -0.327. The zero-order valence-corrected chi connectivity index (χ0v) is 14.7. The maximum atomic E-state index is 12.5. The molecule has 0 radical (unpaired) electrons. The second-order valence-electron chi connectivity index (χ2n) is 6.23. The zero-order chi connectivity index (χ0) is 18.5. The van der Waals surface area contributed by atoms with Crippen LogP contribution in [0.2, 0.25) is 0 Å². The van der Waals surface area contributed by atoms with Gasteiger partial charge in [0.25, 0.3) is 5.91 Å². The second kappa shape index (κ2) is 7.65. The van der Waals surface area contributed by atoms with Crippen LogP contribution >= 0.6 is 0 Å². The van der Waals surface area contributed by atoms with Gasteiger partial charge in [0, 0.05) is 23.6 Å². The summed E-state index contributed by atoms with van der Waals surface area (Å²) in [6, 6.07) is 12.8. The van der Waals surface area contributed by atoms with Crippen molar-refractivity contribution in [3.05, 3.63) is 71.4 Å². The third kappa shape index (κ3) is 4.16. The Bertz CT molecular complexity index is 967. The summed E-state index contributed by atoms with van der Waals surface area (Å²) in [6.07, 6.45) is 3.27. The van der Waals surface area contributed by atoms with Crippen molar-refractivity contribution in [2.24, 2.45) is 0 Å². The third-order valence-corrected chi connectivity index (χ3v) is 3.83. The molecule has 0 bridgehead atoms. The topological polar surface area (TPSA) is 86.9 Å². The van der Waals surface area contributed by atoms with Crippen molar-refractivity contribution in [3.8, 4) is 0 Å². The quantitative estimate of drug-likeness (QED) is 0.618. The Morgan fingerprint density at radius 3 is 2.62 bits per heavy atom. The van der Waals surface area contributed by atoms with Gasteiger partial charge in [0.1, 0.15) is 0 Å². The molecule has 1 aromatic heterocycles. The van der Waals surface area contributed by atoms with E-state index in [4.69, 9.17) is 0 Å². The first-order valence-corrected chi connectivity index (χ1v) is 8.28. The minimum Gasteiger partial charge on any atom is -0.348 e. The normalized spacial score (nSPS) is 10.4. The Morgan fingerprint density at radius 2 is 1.88 bits per heavy atom. The average molecular weight is 348 g/mol. The summed E-state index contributed by atoms with van der Waals surface area (Å²) < 4.78 is 0. The van der Waals surface area contributed by atoms with E-state index in [1.807, 2.05) is 44.2 Å². The lowest BCUT2D eigenvalue weighted by Crippen LogP contribution is -2.20. The number of hydrogen-bond donors (Lipinski definition) is 3. The summed E-state index contributed by atoms with van der Waals surface area (Å²) in [5.41, 5.74) is 3.89. The minimum atomic E-state index is -0.202. The first-order chi connectivity index (χ1) is 12.5. The highest BCUT2D eigenvalue weighted by Crippen LogP contribution is 2.21. The molecule has 2 amide bonds. The fraction of sp³-hybridized carbons (Fsp3) is 0.150. The van der Waals surface area contributed by atoms with Gasteiger partial charge < -0.3 is 10.6 Å². The predicted molar refractivity (Wildman–Crippen MR) is 102 cm³/mol. The number of carbonyl (C=O) groups excluding carboxylic acids is 2. The Balaban J connectivity index is 1.65. The lowest BCUT2D eigenvalue weighted by atomic mass is 10.1. The van der Waals surface area contributed by atoms with E-state index >= 15 is 0 Å². The Kier molecular flexibility index (Phi) is 5.12. The SMILES string of the molecule is CC(C)=CC(=O)NCc1ccc(C(=O)Nc2cccc3cn[nH]c23)cc1. The number of fused-ring (bicyclic) bond motifs is 1. The smallest absolute Gasteiger partial charge is 0.255 e. The van der Waals surface area contributed by atoms with Crippen LogP contribution in [0, 0.1) is 0 Å². The van der Waals surface area contributed by atoms with E-state index < -0.39 is 0 Å². The summed E-state index contributed by atoms with van der Waals surface area (Å²) >= 11 is 0. The molecule has 1 heterocycles. The number of benzene rings is 2. The van der Waals surface area contributed by atoms with Gasteiger partial charge >= 0.3 is 0 Å². The number of nitrogens with zero attached hydrogens (tertiary/aromatic N) is 1. The molecule has 132 valence electrons. The van der Waals surface area contributed by atoms with Crippen LogP contribution < -0.4 is 10.6 Å². The lowest BCUT2D eigenvalue weighted by Gasteiger charge is -2.08. The monoisotopic (exact) mass is 348 g/mol. The molecule has 0 unspecified atom stereocenters. The number of aromatic nitrogens is 2. The highest BCUT2D eigenvalue weighted by atomic mass is 16.2. The molecule has 26 heavy (non-hydrogen) atoms. The Morgan fingerprint density at radius 1 is 1.12 bits per heavy atom. The molecular weight excluding hydrogens is 328 g/mol. The van der Waals surface area contributed by atoms with Crippen LogP contribution in [0.25, 0.3) is 10.9 Å². The average Bonchev–Trinajstić information content (AvgIpc) is 3.09. The molecule has 0 aliphatic carbocycles. The van der Waals surface area contributed by atoms with Crippen molar-refractivity contribution in [1.82, 2.24) is 15.5 Å². The maximum absolute atomic E-state index is 12.5. The van der Waals surface area contributed by atoms with Gasteiger partial charge in [-0.05, 0) is 37.6 Å². The molecule has 6 heteroatoms. The van der Waals surface area contributed by atoms with E-state index in [1.165, 1.54) is 0 Å². The van der Waals surface area contributed by atoms with Gasteiger partial charge in [-0.3, -0.25) is 14.7 Å². The Labute approximate surface area is 151 Å². The van der Waals surface area contributed by atoms with Crippen molar-refractivity contribution in [3.63, 3.8) is 0 Å². The number of amides is 2. The number of nitrogens with one attached hydrogen (secondary N) is 3. The number of aromatic amines is 1. The third-order valence-electron chi connectivity index (χ3n) is 3.83. The van der Waals surface area contributed by atoms with Crippen LogP contribution in [0.3, 0.4) is 0 Å². The molecule has 0 saturated heterocycles. The number of rotatable bonds is 5. The summed E-state index contributed by atoms with van der Waals surface area (Å²) in [7, 11) is 0. The molecule has 0 fully saturated rings. The standard InChI is InChI=1S/C20H20N4O2/c1-13(2)10-18(25)21-11-14-6-8-15(9-7-14)20(26)23-17-5-3-4-16-12-22-24-19(16)17/h3-10,12H,11H2,1-2H3,(H,21,25)(H,22,24)(H,23,26). The molecule has 3 rings (SSSR count). The Hall–Kier alpha value is -3.41. The number of anilines is 1. The molecule has 6 nitrogen and oxygen atoms in total. The van der Waals surface area contributed by atoms with Crippen molar-refractivity contribution >= 4 is 28.4 Å². The van der Waals surface area contributed by atoms with Gasteiger partial charge in [0.05, 0.1) is 17.4 Å². The molecule has 3 N–H and O–H groups in total. The second-order valence-corrected chi connectivity index (χ2v) is 6.23. The lowest BCUT2D eigenvalue weighted by molar-refractivity contribution is -0.116. The van der Waals surface area contributed by atoms with Gasteiger partial charge in [0.15, 0.2) is 0 Å². The molecule has 3 aromatic rings. The van der Waals surface area contributed by atoms with Gasteiger partial charge in [-0.15, -0.1) is 0 Å². The van der Waals surface area contributed by atoms with E-state index in [-0.39, 0.29) is 11.8 Å². The highest BCUT2D eigenvalue weighted by molar-refractivity contribution is 6.08. The van der Waals surface area contributed by atoms with Gasteiger partial charge in [-0.25, -0.2) is 0 Å². The first-order valence-electron chi connectivity index (χ1n) is 8.28. The van der Waals surface area contributed by atoms with E-state index in [1.54, 1.807) is 24.4 Å². The zero-order valence-electron chi connectivity index (χ0n) is 14.7. The fourth-order valence-electron chi connectivity index (χ4n) is 2.54. The van der Waals surface area contributed by atoms with E-state index in [0.29, 0.717) is 17.8 Å². The summed E-state index contributed by atoms with van der Waals surface area (Å²) in [6.45, 7) is 4.16. The van der Waals surface area contributed by atoms with Crippen molar-refractivity contribution in [2.75, 3.05) is 5.32 Å². The molecule has 2 aromatic carbocycles. The van der Waals surface area contributed by atoms with Crippen LogP contribution in [-0.4, -0.2) is 22.0 Å². The van der Waals surface area contributed by atoms with Crippen LogP contribution in [-0.2, 0) is 11.3 Å². The molecule has 0 aliphatic rings. The maximum Gasteiger partial charge on any atom is 0.255 e. The van der Waals surface area contributed by atoms with E-state index in [0.717, 1.165) is 22.0 Å². The van der Waals surface area contributed by atoms with Gasteiger partial charge in [0.2, 0.25) is 5.91 Å². The van der Waals surface area contributed by atoms with E-state index in [2.05, 4.69) is 20.8 Å². The molecule has 0 saturated carbocycles. The van der Waals surface area contributed by atoms with Crippen LogP contribution in [0.15, 0.2) is 60.3 Å². The molecular formula is C20H20N4O2. The van der Waals surface area contributed by atoms with Crippen molar-refractivity contribution < 1.29 is 9.59 Å². The summed E-state index contributed by atoms with van der Waals surface area (Å²) in [5, 5.41) is 13.5. The van der Waals surface area contributed by atoms with Crippen LogP contribution in [0.5, 0.6) is 0 Å². The minimum absolute atomic E-state index is 0.125. The number of allylic oxidation sites excluding steroid dienone is 1. The number of hydrogen-bond acceptors (Lipinski definition) is 3. The van der Waals surface area contributed by atoms with Crippen LogP contribution in [0.4, 0.5) is 5.69 Å². The van der Waals surface area contributed by atoms with Crippen molar-refractivity contribution in [2.45, 2.75) is 20.4 Å². The largest absolute Gasteiger partial charge is 0.348 e. The van der Waals surface area contributed by atoms with Crippen LogP contribution in [0.1, 0.15) is 29.8 Å². The molecule has 0 atom stereocenters.